The molecule has 0 unspecified atom stereocenters. The van der Waals surface area contributed by atoms with E-state index in [1.807, 2.05) is 48.5 Å². The molecule has 0 aliphatic heterocycles. The smallest absolute Gasteiger partial charge is 0.337 e. The Morgan fingerprint density at radius 1 is 1.07 bits per heavy atom. The number of carbonyl (C=O) groups is 2. The van der Waals surface area contributed by atoms with Crippen molar-refractivity contribution in [2.45, 2.75) is 6.54 Å². The van der Waals surface area contributed by atoms with Crippen molar-refractivity contribution in [3.05, 3.63) is 88.7 Å². The first kappa shape index (κ1) is 19.7. The van der Waals surface area contributed by atoms with Gasteiger partial charge in [-0.25, -0.2) is 9.78 Å². The van der Waals surface area contributed by atoms with Crippen LogP contribution in [0.1, 0.15) is 26.5 Å². The van der Waals surface area contributed by atoms with E-state index in [9.17, 15) is 14.7 Å². The molecule has 3 aromatic carbocycles. The van der Waals surface area contributed by atoms with Gasteiger partial charge < -0.3 is 15.0 Å². The van der Waals surface area contributed by atoms with E-state index in [4.69, 9.17) is 11.6 Å². The fraction of sp³-hybridized carbons (Fsp3) is 0.0870. The Labute approximate surface area is 177 Å². The second-order valence-electron chi connectivity index (χ2n) is 6.92. The zero-order valence-corrected chi connectivity index (χ0v) is 16.8. The maximum absolute atomic E-state index is 12.9. The van der Waals surface area contributed by atoms with E-state index in [-0.39, 0.29) is 22.3 Å². The normalized spacial score (nSPS) is 10.9. The summed E-state index contributed by atoms with van der Waals surface area (Å²) in [5, 5.41) is 9.35. The number of rotatable bonds is 5. The summed E-state index contributed by atoms with van der Waals surface area (Å²) in [6, 6.07) is 19.9. The number of carboxylic acid groups (broad SMARTS) is 1. The number of H-pyrrole nitrogens is 1. The lowest BCUT2D eigenvalue weighted by Crippen LogP contribution is -2.27. The molecule has 2 N–H and O–H groups in total. The lowest BCUT2D eigenvalue weighted by atomic mass is 9.98. The molecular formula is C23H18ClN3O3. The predicted molar refractivity (Wildman–Crippen MR) is 116 cm³/mol. The maximum Gasteiger partial charge on any atom is 0.337 e. The van der Waals surface area contributed by atoms with Crippen LogP contribution >= 0.6 is 11.6 Å². The van der Waals surface area contributed by atoms with Crippen molar-refractivity contribution in [2.75, 3.05) is 7.05 Å². The van der Waals surface area contributed by atoms with Crippen LogP contribution in [-0.4, -0.2) is 38.9 Å². The Hall–Kier alpha value is -3.64. The number of amides is 1. The first-order valence-corrected chi connectivity index (χ1v) is 9.63. The summed E-state index contributed by atoms with van der Waals surface area (Å²) in [4.78, 5) is 33.1. The van der Waals surface area contributed by atoms with Crippen molar-refractivity contribution in [1.82, 2.24) is 14.9 Å². The minimum absolute atomic E-state index is 0.0510. The molecule has 1 amide bonds. The second-order valence-corrected chi connectivity index (χ2v) is 7.33. The van der Waals surface area contributed by atoms with Crippen LogP contribution in [0.5, 0.6) is 0 Å². The second kappa shape index (κ2) is 8.00. The van der Waals surface area contributed by atoms with Crippen LogP contribution in [0.3, 0.4) is 0 Å². The highest BCUT2D eigenvalue weighted by Gasteiger charge is 2.18. The molecule has 0 saturated carbocycles. The number of hydrogen-bond donors (Lipinski definition) is 2. The largest absolute Gasteiger partial charge is 0.478 e. The molecule has 4 aromatic rings. The highest BCUT2D eigenvalue weighted by Crippen LogP contribution is 2.29. The van der Waals surface area contributed by atoms with E-state index in [1.54, 1.807) is 24.1 Å². The summed E-state index contributed by atoms with van der Waals surface area (Å²) in [5.74, 6) is -1.01. The van der Waals surface area contributed by atoms with Crippen LogP contribution in [0.4, 0.5) is 0 Å². The van der Waals surface area contributed by atoms with Crippen molar-refractivity contribution in [2.24, 2.45) is 0 Å². The third-order valence-corrected chi connectivity index (χ3v) is 5.19. The molecular weight excluding hydrogens is 402 g/mol. The summed E-state index contributed by atoms with van der Waals surface area (Å²) in [7, 11) is 1.72. The number of aromatic nitrogens is 2. The van der Waals surface area contributed by atoms with Crippen molar-refractivity contribution in [3.8, 4) is 11.1 Å². The zero-order valence-electron chi connectivity index (χ0n) is 16.1. The van der Waals surface area contributed by atoms with Crippen molar-refractivity contribution >= 4 is 34.5 Å². The van der Waals surface area contributed by atoms with E-state index in [0.29, 0.717) is 6.54 Å². The summed E-state index contributed by atoms with van der Waals surface area (Å²) in [6.45, 7) is 0.352. The van der Waals surface area contributed by atoms with Crippen molar-refractivity contribution in [3.63, 3.8) is 0 Å². The number of aromatic carboxylic acids is 1. The third kappa shape index (κ3) is 3.77. The zero-order chi connectivity index (χ0) is 21.3. The van der Waals surface area contributed by atoms with Gasteiger partial charge in [-0.2, -0.15) is 0 Å². The average molecular weight is 420 g/mol. The summed E-state index contributed by atoms with van der Waals surface area (Å²) in [5.41, 5.74) is 4.16. The Bertz CT molecular complexity index is 1230. The number of aromatic amines is 1. The number of imidazole rings is 1. The standard InChI is InChI=1S/C23H18ClN3O3/c1-27(22(28)21-25-19-8-4-5-9-20(19)26-21)13-15-6-2-3-7-16(15)14-10-11-17(23(29)30)18(24)12-14/h2-12H,13H2,1H3,(H,25,26)(H,29,30). The number of halogens is 1. The topological polar surface area (TPSA) is 86.3 Å². The molecule has 0 atom stereocenters. The van der Waals surface area contributed by atoms with Crippen molar-refractivity contribution in [1.29, 1.82) is 0 Å². The molecule has 4 rings (SSSR count). The van der Waals surface area contributed by atoms with E-state index in [1.165, 1.54) is 6.07 Å². The molecule has 150 valence electrons. The van der Waals surface area contributed by atoms with Gasteiger partial charge in [-0.3, -0.25) is 4.79 Å². The van der Waals surface area contributed by atoms with E-state index in [2.05, 4.69) is 9.97 Å². The number of carbonyl (C=O) groups excluding carboxylic acids is 1. The molecule has 0 aliphatic rings. The van der Waals surface area contributed by atoms with Gasteiger partial charge in [0.05, 0.1) is 21.6 Å². The van der Waals surface area contributed by atoms with Gasteiger partial charge in [0.2, 0.25) is 0 Å². The summed E-state index contributed by atoms with van der Waals surface area (Å²) < 4.78 is 0. The van der Waals surface area contributed by atoms with Gasteiger partial charge in [0.1, 0.15) is 0 Å². The van der Waals surface area contributed by atoms with E-state index >= 15 is 0 Å². The Balaban J connectivity index is 1.61. The van der Waals surface area contributed by atoms with Crippen LogP contribution in [0, 0.1) is 0 Å². The fourth-order valence-electron chi connectivity index (χ4n) is 3.36. The minimum Gasteiger partial charge on any atom is -0.478 e. The van der Waals surface area contributed by atoms with Gasteiger partial charge in [-0.1, -0.05) is 54.1 Å². The first-order chi connectivity index (χ1) is 14.4. The van der Waals surface area contributed by atoms with Gasteiger partial charge in [0.15, 0.2) is 5.82 Å². The van der Waals surface area contributed by atoms with Gasteiger partial charge in [-0.15, -0.1) is 0 Å². The predicted octanol–water partition coefficient (Wildman–Crippen LogP) is 4.85. The fourth-order valence-corrected chi connectivity index (χ4v) is 3.62. The van der Waals surface area contributed by atoms with Crippen molar-refractivity contribution < 1.29 is 14.7 Å². The summed E-state index contributed by atoms with van der Waals surface area (Å²) in [6.07, 6.45) is 0. The maximum atomic E-state index is 12.9. The number of para-hydroxylation sites is 2. The number of carboxylic acids is 1. The van der Waals surface area contributed by atoms with Crippen LogP contribution in [0.2, 0.25) is 5.02 Å². The molecule has 0 bridgehead atoms. The molecule has 1 heterocycles. The number of nitrogens with zero attached hydrogens (tertiary/aromatic N) is 2. The van der Waals surface area contributed by atoms with Gasteiger partial charge in [0, 0.05) is 13.6 Å². The third-order valence-electron chi connectivity index (χ3n) is 4.87. The number of fused-ring (bicyclic) bond motifs is 1. The SMILES string of the molecule is CN(Cc1ccccc1-c1ccc(C(=O)O)c(Cl)c1)C(=O)c1nc2ccccc2[nH]1. The molecule has 0 saturated heterocycles. The molecule has 0 radical (unpaired) electrons. The number of benzene rings is 3. The van der Waals surface area contributed by atoms with E-state index in [0.717, 1.165) is 27.7 Å². The van der Waals surface area contributed by atoms with Crippen LogP contribution in [0.25, 0.3) is 22.2 Å². The molecule has 6 nitrogen and oxygen atoms in total. The molecule has 1 aromatic heterocycles. The lowest BCUT2D eigenvalue weighted by Gasteiger charge is -2.18. The number of nitrogens with one attached hydrogen (secondary N) is 1. The minimum atomic E-state index is -1.07. The average Bonchev–Trinajstić information content (AvgIpc) is 3.17. The molecule has 0 fully saturated rings. The first-order valence-electron chi connectivity index (χ1n) is 9.25. The van der Waals surface area contributed by atoms with Gasteiger partial charge >= 0.3 is 5.97 Å². The molecule has 7 heteroatoms. The molecule has 0 aliphatic carbocycles. The Morgan fingerprint density at radius 2 is 1.80 bits per heavy atom. The lowest BCUT2D eigenvalue weighted by molar-refractivity contribution is 0.0696. The summed E-state index contributed by atoms with van der Waals surface area (Å²) >= 11 is 6.14. The van der Waals surface area contributed by atoms with Gasteiger partial charge in [0.25, 0.3) is 5.91 Å². The molecule has 0 spiro atoms. The van der Waals surface area contributed by atoms with Crippen LogP contribution < -0.4 is 0 Å². The quantitative estimate of drug-likeness (QED) is 0.484. The van der Waals surface area contributed by atoms with E-state index < -0.39 is 5.97 Å². The Kier molecular flexibility index (Phi) is 5.25. The Morgan fingerprint density at radius 3 is 2.53 bits per heavy atom. The monoisotopic (exact) mass is 419 g/mol. The molecule has 30 heavy (non-hydrogen) atoms. The van der Waals surface area contributed by atoms with Gasteiger partial charge in [-0.05, 0) is 41.0 Å². The van der Waals surface area contributed by atoms with Crippen LogP contribution in [0.15, 0.2) is 66.7 Å². The van der Waals surface area contributed by atoms with Crippen LogP contribution in [-0.2, 0) is 6.54 Å². The highest BCUT2D eigenvalue weighted by atomic mass is 35.5. The number of hydrogen-bond acceptors (Lipinski definition) is 3. The highest BCUT2D eigenvalue weighted by molar-refractivity contribution is 6.33.